The van der Waals surface area contributed by atoms with Gasteiger partial charge in [-0.2, -0.15) is 0 Å². The van der Waals surface area contributed by atoms with Crippen LogP contribution in [0, 0.1) is 0 Å². The molecule has 0 aromatic rings. The lowest BCUT2D eigenvalue weighted by Crippen LogP contribution is -2.40. The molecule has 0 saturated carbocycles. The van der Waals surface area contributed by atoms with Crippen LogP contribution in [-0.4, -0.2) is 41.6 Å². The van der Waals surface area contributed by atoms with Crippen LogP contribution in [0.5, 0.6) is 0 Å². The molecule has 2 atom stereocenters. The van der Waals surface area contributed by atoms with E-state index in [9.17, 15) is 19.5 Å². The summed E-state index contributed by atoms with van der Waals surface area (Å²) in [5.41, 5.74) is 5.49. The molecule has 0 aromatic heterocycles. The first-order chi connectivity index (χ1) is 26.9. The van der Waals surface area contributed by atoms with Gasteiger partial charge in [0.15, 0.2) is 0 Å². The molecule has 0 aliphatic carbocycles. The molecule has 1 amide bonds. The monoisotopic (exact) mass is 773 g/mol. The van der Waals surface area contributed by atoms with E-state index in [0.29, 0.717) is 32.2 Å². The van der Waals surface area contributed by atoms with Gasteiger partial charge in [-0.15, -0.1) is 0 Å². The van der Waals surface area contributed by atoms with E-state index >= 15 is 0 Å². The number of amides is 1. The molecule has 7 heteroatoms. The third-order valence-corrected chi connectivity index (χ3v) is 10.4. The number of carbonyl (C=O) groups excluding carboxylic acids is 2. The van der Waals surface area contributed by atoms with Crippen molar-refractivity contribution in [3.63, 3.8) is 0 Å². The highest BCUT2D eigenvalue weighted by Gasteiger charge is 2.19. The van der Waals surface area contributed by atoms with Gasteiger partial charge in [0.25, 0.3) is 0 Å². The van der Waals surface area contributed by atoms with Crippen molar-refractivity contribution in [3.8, 4) is 0 Å². The molecule has 0 aliphatic heterocycles. The van der Waals surface area contributed by atoms with E-state index in [1.165, 1.54) is 109 Å². The molecular formula is C48H88N2O5. The van der Waals surface area contributed by atoms with Crippen molar-refractivity contribution in [2.24, 2.45) is 5.73 Å². The second-order valence-electron chi connectivity index (χ2n) is 15.8. The average Bonchev–Trinajstić information content (AvgIpc) is 3.17. The zero-order valence-electron chi connectivity index (χ0n) is 36.0. The molecule has 320 valence electrons. The largest absolute Gasteiger partial charge is 0.480 e. The average molecular weight is 773 g/mol. The van der Waals surface area contributed by atoms with E-state index < -0.39 is 12.0 Å². The standard InChI is InChI=1S/C48H88N2O5/c1-3-5-7-9-11-13-15-16-17-18-19-20-21-23-25-27-32-36-42-47(52)55-44(38-33-29-26-24-22-14-12-10-8-6-4-2)39-34-30-28-31-35-41-46(51)50-45(48(53)54)40-37-43-49/h13,15,17-18,24,26,44-45H,3-12,14,16,19-23,25,27-43,49H2,1-2H3,(H,50,51)(H,53,54)/b15-13-,18-17-,26-24-. The van der Waals surface area contributed by atoms with Crippen molar-refractivity contribution in [3.05, 3.63) is 36.5 Å². The van der Waals surface area contributed by atoms with E-state index in [1.54, 1.807) is 0 Å². The molecule has 0 rings (SSSR count). The van der Waals surface area contributed by atoms with Gasteiger partial charge in [0.1, 0.15) is 12.1 Å². The number of hydrogen-bond donors (Lipinski definition) is 3. The first-order valence-corrected chi connectivity index (χ1v) is 23.3. The highest BCUT2D eigenvalue weighted by atomic mass is 16.5. The Bertz CT molecular complexity index is 962. The van der Waals surface area contributed by atoms with Crippen molar-refractivity contribution in [1.82, 2.24) is 5.32 Å². The van der Waals surface area contributed by atoms with E-state index in [4.69, 9.17) is 10.5 Å². The minimum Gasteiger partial charge on any atom is -0.480 e. The summed E-state index contributed by atoms with van der Waals surface area (Å²) in [6, 6.07) is -0.859. The molecule has 4 N–H and O–H groups in total. The SMILES string of the molecule is CCCCCC/C=C\C/C=C\CCCCCCCCCC(=O)OC(CCC/C=C\CCCCCCCC)CCCCCCCC(=O)NC(CCCN)C(=O)O. The third kappa shape index (κ3) is 39.6. The van der Waals surface area contributed by atoms with Gasteiger partial charge in [-0.25, -0.2) is 4.79 Å². The molecular weight excluding hydrogens is 685 g/mol. The van der Waals surface area contributed by atoms with E-state index in [0.717, 1.165) is 83.5 Å². The summed E-state index contributed by atoms with van der Waals surface area (Å²) in [7, 11) is 0. The van der Waals surface area contributed by atoms with Crippen molar-refractivity contribution < 1.29 is 24.2 Å². The molecule has 55 heavy (non-hydrogen) atoms. The molecule has 0 radical (unpaired) electrons. The molecule has 0 aliphatic rings. The highest BCUT2D eigenvalue weighted by Crippen LogP contribution is 2.18. The molecule has 0 aromatic carbocycles. The predicted octanol–water partition coefficient (Wildman–Crippen LogP) is 13.4. The number of nitrogens with one attached hydrogen (secondary N) is 1. The first-order valence-electron chi connectivity index (χ1n) is 23.3. The van der Waals surface area contributed by atoms with Crippen LogP contribution in [0.1, 0.15) is 232 Å². The quantitative estimate of drug-likeness (QED) is 0.0323. The van der Waals surface area contributed by atoms with Crippen LogP contribution in [-0.2, 0) is 19.1 Å². The maximum absolute atomic E-state index is 12.8. The number of ether oxygens (including phenoxy) is 1. The zero-order chi connectivity index (χ0) is 40.3. The lowest BCUT2D eigenvalue weighted by atomic mass is 10.0. The Hall–Kier alpha value is -2.41. The van der Waals surface area contributed by atoms with Gasteiger partial charge < -0.3 is 20.9 Å². The first kappa shape index (κ1) is 52.6. The summed E-state index contributed by atoms with van der Waals surface area (Å²) in [6.45, 7) is 4.93. The lowest BCUT2D eigenvalue weighted by Gasteiger charge is -2.18. The number of carbonyl (C=O) groups is 3. The number of unbranched alkanes of at least 4 members (excludes halogenated alkanes) is 22. The number of carboxylic acid groups (broad SMARTS) is 1. The molecule has 0 heterocycles. The van der Waals surface area contributed by atoms with E-state index in [1.807, 2.05) is 0 Å². The van der Waals surface area contributed by atoms with Crippen LogP contribution in [0.2, 0.25) is 0 Å². The summed E-state index contributed by atoms with van der Waals surface area (Å²) in [5, 5.41) is 11.9. The Balaban J connectivity index is 4.30. The maximum Gasteiger partial charge on any atom is 0.326 e. The van der Waals surface area contributed by atoms with Crippen LogP contribution in [0.25, 0.3) is 0 Å². The van der Waals surface area contributed by atoms with E-state index in [2.05, 4.69) is 55.6 Å². The molecule has 0 saturated heterocycles. The minimum absolute atomic E-state index is 0.0210. The minimum atomic E-state index is -1.01. The summed E-state index contributed by atoms with van der Waals surface area (Å²) in [6.07, 6.45) is 50.5. The second kappa shape index (κ2) is 42.7. The normalized spacial score (nSPS) is 12.9. The highest BCUT2D eigenvalue weighted by molar-refractivity contribution is 5.83. The number of rotatable bonds is 42. The van der Waals surface area contributed by atoms with Gasteiger partial charge in [-0.1, -0.05) is 153 Å². The van der Waals surface area contributed by atoms with Crippen LogP contribution in [0.15, 0.2) is 36.5 Å². The van der Waals surface area contributed by atoms with Gasteiger partial charge in [0.2, 0.25) is 5.91 Å². The zero-order valence-corrected chi connectivity index (χ0v) is 36.0. The summed E-state index contributed by atoms with van der Waals surface area (Å²) in [4.78, 5) is 36.4. The Morgan fingerprint density at radius 3 is 1.51 bits per heavy atom. The van der Waals surface area contributed by atoms with Gasteiger partial charge >= 0.3 is 11.9 Å². The second-order valence-corrected chi connectivity index (χ2v) is 15.8. The van der Waals surface area contributed by atoms with Crippen molar-refractivity contribution >= 4 is 17.8 Å². The fourth-order valence-electron chi connectivity index (χ4n) is 6.89. The number of hydrogen-bond acceptors (Lipinski definition) is 5. The smallest absolute Gasteiger partial charge is 0.326 e. The lowest BCUT2D eigenvalue weighted by molar-refractivity contribution is -0.150. The third-order valence-electron chi connectivity index (χ3n) is 10.4. The van der Waals surface area contributed by atoms with Gasteiger partial charge in [-0.3, -0.25) is 9.59 Å². The van der Waals surface area contributed by atoms with E-state index in [-0.39, 0.29) is 18.0 Å². The number of carboxylic acids is 1. The Labute approximate surface area is 339 Å². The van der Waals surface area contributed by atoms with Crippen molar-refractivity contribution in [1.29, 1.82) is 0 Å². The van der Waals surface area contributed by atoms with Crippen molar-refractivity contribution in [2.75, 3.05) is 6.54 Å². The number of esters is 1. The maximum atomic E-state index is 12.8. The van der Waals surface area contributed by atoms with Crippen molar-refractivity contribution in [2.45, 2.75) is 244 Å². The van der Waals surface area contributed by atoms with Gasteiger partial charge in [0.05, 0.1) is 0 Å². The Kier molecular flexibility index (Phi) is 40.9. The Morgan fingerprint density at radius 2 is 0.964 bits per heavy atom. The van der Waals surface area contributed by atoms with Crippen LogP contribution in [0.4, 0.5) is 0 Å². The van der Waals surface area contributed by atoms with Gasteiger partial charge in [-0.05, 0) is 109 Å². The Morgan fingerprint density at radius 1 is 0.527 bits per heavy atom. The number of nitrogens with two attached hydrogens (primary N) is 1. The molecule has 2 unspecified atom stereocenters. The fraction of sp³-hybridized carbons (Fsp3) is 0.812. The molecule has 7 nitrogen and oxygen atoms in total. The van der Waals surface area contributed by atoms with Gasteiger partial charge in [0, 0.05) is 12.8 Å². The number of allylic oxidation sites excluding steroid dienone is 6. The summed E-state index contributed by atoms with van der Waals surface area (Å²) in [5.74, 6) is -1.25. The number of aliphatic carboxylic acids is 1. The molecule has 0 bridgehead atoms. The van der Waals surface area contributed by atoms with Crippen LogP contribution >= 0.6 is 0 Å². The van der Waals surface area contributed by atoms with Crippen LogP contribution < -0.4 is 11.1 Å². The molecule has 0 fully saturated rings. The summed E-state index contributed by atoms with van der Waals surface area (Å²) >= 11 is 0. The molecule has 0 spiro atoms. The topological polar surface area (TPSA) is 119 Å². The fourth-order valence-corrected chi connectivity index (χ4v) is 6.89. The van der Waals surface area contributed by atoms with Crippen LogP contribution in [0.3, 0.4) is 0 Å². The summed E-state index contributed by atoms with van der Waals surface area (Å²) < 4.78 is 6.04. The predicted molar refractivity (Wildman–Crippen MR) is 234 cm³/mol.